The maximum atomic E-state index is 11.2. The highest BCUT2D eigenvalue weighted by Crippen LogP contribution is 2.10. The fourth-order valence-corrected chi connectivity index (χ4v) is 1.56. The zero-order valence-corrected chi connectivity index (χ0v) is 10.2. The van der Waals surface area contributed by atoms with E-state index in [-0.39, 0.29) is 13.1 Å². The van der Waals surface area contributed by atoms with Crippen LogP contribution in [0.2, 0.25) is 0 Å². The van der Waals surface area contributed by atoms with E-state index in [1.807, 2.05) is 0 Å². The van der Waals surface area contributed by atoms with Gasteiger partial charge in [0.15, 0.2) is 5.13 Å². The molecule has 1 aromatic heterocycles. The number of ether oxygens (including phenoxy) is 1. The van der Waals surface area contributed by atoms with Gasteiger partial charge in [0, 0.05) is 5.38 Å². The molecule has 1 aromatic rings. The van der Waals surface area contributed by atoms with Gasteiger partial charge in [-0.15, -0.1) is 11.3 Å². The van der Waals surface area contributed by atoms with Gasteiger partial charge in [-0.25, -0.2) is 9.78 Å². The fourth-order valence-electron chi connectivity index (χ4n) is 1.00. The van der Waals surface area contributed by atoms with Crippen LogP contribution in [0, 0.1) is 0 Å². The number of nitrogens with zero attached hydrogens (tertiary/aromatic N) is 1. The number of hydrogen-bond acceptors (Lipinski definition) is 6. The van der Waals surface area contributed by atoms with E-state index in [9.17, 15) is 9.59 Å². The van der Waals surface area contributed by atoms with Crippen molar-refractivity contribution >= 4 is 28.5 Å². The van der Waals surface area contributed by atoms with Crippen molar-refractivity contribution in [1.82, 2.24) is 15.6 Å². The number of nitrogens with two attached hydrogens (primary N) is 1. The summed E-state index contributed by atoms with van der Waals surface area (Å²) >= 11 is 1.30. The van der Waals surface area contributed by atoms with E-state index in [1.54, 1.807) is 12.3 Å². The largest absolute Gasteiger partial charge is 0.465 e. The van der Waals surface area contributed by atoms with Gasteiger partial charge >= 0.3 is 12.0 Å². The van der Waals surface area contributed by atoms with Gasteiger partial charge in [0.25, 0.3) is 0 Å². The predicted octanol–water partition coefficient (Wildman–Crippen LogP) is 0.0876. The van der Waals surface area contributed by atoms with Gasteiger partial charge in [-0.1, -0.05) is 0 Å². The Bertz CT molecular complexity index is 393. The van der Waals surface area contributed by atoms with Crippen LogP contribution < -0.4 is 16.4 Å². The molecule has 0 atom stereocenters. The van der Waals surface area contributed by atoms with E-state index >= 15 is 0 Å². The average molecular weight is 258 g/mol. The maximum absolute atomic E-state index is 11.2. The van der Waals surface area contributed by atoms with Crippen molar-refractivity contribution in [2.45, 2.75) is 13.5 Å². The number of nitrogen functional groups attached to an aromatic ring is 1. The average Bonchev–Trinajstić information content (AvgIpc) is 2.70. The number of rotatable bonds is 5. The minimum absolute atomic E-state index is 0.154. The quantitative estimate of drug-likeness (QED) is 0.649. The number of carbonyl (C=O) groups is 2. The van der Waals surface area contributed by atoms with Gasteiger partial charge in [0.05, 0.1) is 18.8 Å². The van der Waals surface area contributed by atoms with Crippen LogP contribution in [0.25, 0.3) is 0 Å². The SMILES string of the molecule is CCOC(=O)CNC(=O)NCc1csc(N)n1. The highest BCUT2D eigenvalue weighted by Gasteiger charge is 2.06. The molecule has 0 unspecified atom stereocenters. The minimum Gasteiger partial charge on any atom is -0.465 e. The van der Waals surface area contributed by atoms with Gasteiger partial charge in [-0.05, 0) is 6.92 Å². The lowest BCUT2D eigenvalue weighted by Crippen LogP contribution is -2.38. The standard InChI is InChI=1S/C9H14N4O3S/c1-2-16-7(14)4-12-9(15)11-3-6-5-17-8(10)13-6/h5H,2-4H2,1H3,(H2,10,13)(H2,11,12,15). The molecule has 8 heteroatoms. The van der Waals surface area contributed by atoms with Crippen LogP contribution >= 0.6 is 11.3 Å². The Morgan fingerprint density at radius 1 is 1.53 bits per heavy atom. The third-order valence-electron chi connectivity index (χ3n) is 1.70. The number of thiazole rings is 1. The second-order valence-corrected chi connectivity index (χ2v) is 3.91. The molecule has 7 nitrogen and oxygen atoms in total. The van der Waals surface area contributed by atoms with E-state index in [2.05, 4.69) is 20.4 Å². The summed E-state index contributed by atoms with van der Waals surface area (Å²) in [4.78, 5) is 26.1. The number of nitrogens with one attached hydrogen (secondary N) is 2. The molecule has 0 bridgehead atoms. The summed E-state index contributed by atoms with van der Waals surface area (Å²) in [5.41, 5.74) is 6.11. The van der Waals surface area contributed by atoms with Gasteiger partial charge in [-0.3, -0.25) is 4.79 Å². The van der Waals surface area contributed by atoms with Crippen molar-refractivity contribution in [3.63, 3.8) is 0 Å². The van der Waals surface area contributed by atoms with Crippen LogP contribution in [0.4, 0.5) is 9.93 Å². The first-order chi connectivity index (χ1) is 8.11. The first kappa shape index (κ1) is 13.2. The van der Waals surface area contributed by atoms with Crippen molar-refractivity contribution in [1.29, 1.82) is 0 Å². The summed E-state index contributed by atoms with van der Waals surface area (Å²) in [7, 11) is 0. The summed E-state index contributed by atoms with van der Waals surface area (Å²) in [6.07, 6.45) is 0. The molecule has 0 saturated carbocycles. The summed E-state index contributed by atoms with van der Waals surface area (Å²) in [6.45, 7) is 2.10. The van der Waals surface area contributed by atoms with Gasteiger partial charge in [0.1, 0.15) is 6.54 Å². The molecule has 4 N–H and O–H groups in total. The molecule has 0 saturated heterocycles. The molecule has 94 valence electrons. The van der Waals surface area contributed by atoms with Crippen LogP contribution in [0.1, 0.15) is 12.6 Å². The molecular weight excluding hydrogens is 244 g/mol. The fraction of sp³-hybridized carbons (Fsp3) is 0.444. The smallest absolute Gasteiger partial charge is 0.325 e. The summed E-state index contributed by atoms with van der Waals surface area (Å²) in [5.74, 6) is -0.472. The van der Waals surface area contributed by atoms with E-state index < -0.39 is 12.0 Å². The number of carbonyl (C=O) groups excluding carboxylic acids is 2. The molecule has 1 heterocycles. The monoisotopic (exact) mass is 258 g/mol. The molecule has 2 amide bonds. The third-order valence-corrected chi connectivity index (χ3v) is 2.42. The molecule has 0 aromatic carbocycles. The number of urea groups is 1. The van der Waals surface area contributed by atoms with Crippen LogP contribution in [0.3, 0.4) is 0 Å². The molecule has 0 aliphatic heterocycles. The molecule has 1 rings (SSSR count). The molecule has 0 aliphatic rings. The Balaban J connectivity index is 2.19. The highest BCUT2D eigenvalue weighted by atomic mass is 32.1. The summed E-state index contributed by atoms with van der Waals surface area (Å²) in [6, 6.07) is -0.454. The Labute approximate surface area is 102 Å². The van der Waals surface area contributed by atoms with Crippen molar-refractivity contribution in [3.05, 3.63) is 11.1 Å². The summed E-state index contributed by atoms with van der Waals surface area (Å²) < 4.78 is 4.65. The third kappa shape index (κ3) is 5.16. The first-order valence-electron chi connectivity index (χ1n) is 4.99. The lowest BCUT2D eigenvalue weighted by Gasteiger charge is -2.05. The number of amides is 2. The Kier molecular flexibility index (Phi) is 5.21. The predicted molar refractivity (Wildman–Crippen MR) is 63.4 cm³/mol. The number of esters is 1. The first-order valence-corrected chi connectivity index (χ1v) is 5.87. The van der Waals surface area contributed by atoms with Crippen LogP contribution in [-0.2, 0) is 16.1 Å². The topological polar surface area (TPSA) is 106 Å². The lowest BCUT2D eigenvalue weighted by molar-refractivity contribution is -0.141. The zero-order valence-electron chi connectivity index (χ0n) is 9.36. The van der Waals surface area contributed by atoms with Crippen molar-refractivity contribution in [2.24, 2.45) is 0 Å². The summed E-state index contributed by atoms with van der Waals surface area (Å²) in [5, 5.41) is 7.11. The van der Waals surface area contributed by atoms with E-state index in [0.29, 0.717) is 17.4 Å². The molecule has 0 fully saturated rings. The maximum Gasteiger partial charge on any atom is 0.325 e. The molecule has 17 heavy (non-hydrogen) atoms. The second kappa shape index (κ2) is 6.69. The van der Waals surface area contributed by atoms with E-state index in [4.69, 9.17) is 5.73 Å². The molecule has 0 radical (unpaired) electrons. The van der Waals surface area contributed by atoms with Crippen molar-refractivity contribution in [3.8, 4) is 0 Å². The van der Waals surface area contributed by atoms with Gasteiger partial charge in [-0.2, -0.15) is 0 Å². The second-order valence-electron chi connectivity index (χ2n) is 3.02. The van der Waals surface area contributed by atoms with Crippen LogP contribution in [0.5, 0.6) is 0 Å². The molecule has 0 spiro atoms. The van der Waals surface area contributed by atoms with Crippen molar-refractivity contribution in [2.75, 3.05) is 18.9 Å². The van der Waals surface area contributed by atoms with Crippen molar-refractivity contribution < 1.29 is 14.3 Å². The lowest BCUT2D eigenvalue weighted by atomic mass is 10.5. The number of hydrogen-bond donors (Lipinski definition) is 3. The van der Waals surface area contributed by atoms with E-state index in [1.165, 1.54) is 11.3 Å². The molecule has 0 aliphatic carbocycles. The highest BCUT2D eigenvalue weighted by molar-refractivity contribution is 7.13. The number of anilines is 1. The van der Waals surface area contributed by atoms with E-state index in [0.717, 1.165) is 0 Å². The number of aromatic nitrogens is 1. The van der Waals surface area contributed by atoms with Crippen LogP contribution in [-0.4, -0.2) is 30.1 Å². The Hall–Kier alpha value is -1.83. The minimum atomic E-state index is -0.472. The molecular formula is C9H14N4O3S. The van der Waals surface area contributed by atoms with Crippen LogP contribution in [0.15, 0.2) is 5.38 Å². The van der Waals surface area contributed by atoms with Gasteiger partial charge in [0.2, 0.25) is 0 Å². The Morgan fingerprint density at radius 3 is 2.88 bits per heavy atom. The Morgan fingerprint density at radius 2 is 2.29 bits per heavy atom. The zero-order chi connectivity index (χ0) is 12.7. The van der Waals surface area contributed by atoms with Gasteiger partial charge < -0.3 is 21.1 Å². The normalized spacial score (nSPS) is 9.71.